The summed E-state index contributed by atoms with van der Waals surface area (Å²) in [5, 5.41) is 9.79. The molecular formula is C33H27ClF3N3O4. The molecule has 1 saturated heterocycles. The molecule has 0 bridgehead atoms. The molecule has 7 nitrogen and oxygen atoms in total. The first kappa shape index (κ1) is 29.7. The summed E-state index contributed by atoms with van der Waals surface area (Å²) in [5.41, 5.74) is 1.83. The third-order valence-corrected chi connectivity index (χ3v) is 8.02. The minimum absolute atomic E-state index is 0.0259. The average molecular weight is 622 g/mol. The molecule has 0 saturated carbocycles. The lowest BCUT2D eigenvalue weighted by Crippen LogP contribution is -2.18. The van der Waals surface area contributed by atoms with Gasteiger partial charge in [0, 0.05) is 40.8 Å². The Hall–Kier alpha value is -4.41. The molecule has 0 radical (unpaired) electrons. The van der Waals surface area contributed by atoms with Crippen LogP contribution in [-0.2, 0) is 24.3 Å². The van der Waals surface area contributed by atoms with Crippen molar-refractivity contribution in [1.29, 1.82) is 0 Å². The summed E-state index contributed by atoms with van der Waals surface area (Å²) in [5.74, 6) is -2.31. The van der Waals surface area contributed by atoms with Gasteiger partial charge in [0.1, 0.15) is 29.9 Å². The zero-order chi connectivity index (χ0) is 31.0. The van der Waals surface area contributed by atoms with Crippen LogP contribution in [0.15, 0.2) is 60.7 Å². The number of imidazole rings is 1. The van der Waals surface area contributed by atoms with E-state index in [1.807, 2.05) is 4.57 Å². The summed E-state index contributed by atoms with van der Waals surface area (Å²) in [6.07, 6.45) is 1.62. The van der Waals surface area contributed by atoms with E-state index in [1.165, 1.54) is 37.3 Å². The normalized spacial score (nSPS) is 14.8. The van der Waals surface area contributed by atoms with E-state index in [1.54, 1.807) is 24.3 Å². The third kappa shape index (κ3) is 6.00. The molecule has 3 aromatic carbocycles. The minimum atomic E-state index is -1.07. The second-order valence-corrected chi connectivity index (χ2v) is 11.1. The van der Waals surface area contributed by atoms with Crippen molar-refractivity contribution >= 4 is 28.6 Å². The average Bonchev–Trinajstić information content (AvgIpc) is 3.64. The Morgan fingerprint density at radius 1 is 1.09 bits per heavy atom. The maximum Gasteiger partial charge on any atom is 0.335 e. The van der Waals surface area contributed by atoms with Crippen LogP contribution in [0.1, 0.15) is 45.7 Å². The fraction of sp³-hybridized carbons (Fsp3) is 0.242. The monoisotopic (exact) mass is 621 g/mol. The molecule has 1 aliphatic rings. The van der Waals surface area contributed by atoms with Gasteiger partial charge in [-0.05, 0) is 67.8 Å². The topological polar surface area (TPSA) is 86.5 Å². The largest absolute Gasteiger partial charge is 0.478 e. The maximum absolute atomic E-state index is 15.9. The van der Waals surface area contributed by atoms with Gasteiger partial charge in [-0.25, -0.2) is 27.9 Å². The number of carboxylic acid groups (broad SMARTS) is 1. The van der Waals surface area contributed by atoms with E-state index in [0.717, 1.165) is 18.9 Å². The fourth-order valence-electron chi connectivity index (χ4n) is 5.42. The van der Waals surface area contributed by atoms with E-state index in [2.05, 4.69) is 9.97 Å². The van der Waals surface area contributed by atoms with Crippen molar-refractivity contribution in [2.24, 2.45) is 0 Å². The number of rotatable bonds is 9. The van der Waals surface area contributed by atoms with Crippen molar-refractivity contribution in [2.75, 3.05) is 6.61 Å². The predicted molar refractivity (Wildman–Crippen MR) is 159 cm³/mol. The van der Waals surface area contributed by atoms with Gasteiger partial charge in [0.15, 0.2) is 0 Å². The van der Waals surface area contributed by atoms with Crippen LogP contribution in [0.4, 0.5) is 13.2 Å². The number of ether oxygens (including phenoxy) is 2. The summed E-state index contributed by atoms with van der Waals surface area (Å²) >= 11 is 5.81. The molecule has 0 spiro atoms. The Labute approximate surface area is 255 Å². The van der Waals surface area contributed by atoms with Gasteiger partial charge in [-0.1, -0.05) is 23.7 Å². The van der Waals surface area contributed by atoms with Crippen molar-refractivity contribution in [3.63, 3.8) is 0 Å². The molecule has 1 fully saturated rings. The van der Waals surface area contributed by atoms with Crippen LogP contribution in [0.2, 0.25) is 5.02 Å². The van der Waals surface area contributed by atoms with Gasteiger partial charge in [0.25, 0.3) is 0 Å². The third-order valence-electron chi connectivity index (χ3n) is 7.79. The Kier molecular flexibility index (Phi) is 8.29. The first-order valence-corrected chi connectivity index (χ1v) is 14.4. The smallest absolute Gasteiger partial charge is 0.335 e. The quantitative estimate of drug-likeness (QED) is 0.183. The van der Waals surface area contributed by atoms with E-state index >= 15 is 8.78 Å². The second-order valence-electron chi connectivity index (χ2n) is 10.7. The number of aromatic nitrogens is 3. The SMILES string of the molecule is Cc1c(F)c(-c2cccc(OCc3ccc(Cl)cc3F)n2)cc(F)c1Cc1nc2ccc(C(=O)O)cc2n1CC1CCCO1. The van der Waals surface area contributed by atoms with Gasteiger partial charge in [0.05, 0.1) is 34.9 Å². The molecule has 11 heteroatoms. The van der Waals surface area contributed by atoms with E-state index in [4.69, 9.17) is 21.1 Å². The van der Waals surface area contributed by atoms with Crippen molar-refractivity contribution in [1.82, 2.24) is 14.5 Å². The molecule has 1 unspecified atom stereocenters. The van der Waals surface area contributed by atoms with Crippen LogP contribution in [0.3, 0.4) is 0 Å². The number of aromatic carboxylic acids is 1. The van der Waals surface area contributed by atoms with Crippen molar-refractivity contribution in [2.45, 2.75) is 45.4 Å². The Morgan fingerprint density at radius 2 is 1.93 bits per heavy atom. The summed E-state index contributed by atoms with van der Waals surface area (Å²) in [6.45, 7) is 2.41. The molecule has 0 aliphatic carbocycles. The molecule has 2 aromatic heterocycles. The Bertz CT molecular complexity index is 1890. The number of hydrogen-bond donors (Lipinski definition) is 1. The number of pyridine rings is 1. The van der Waals surface area contributed by atoms with Crippen molar-refractivity contribution in [3.05, 3.63) is 111 Å². The van der Waals surface area contributed by atoms with E-state index in [-0.39, 0.29) is 63.5 Å². The van der Waals surface area contributed by atoms with Gasteiger partial charge in [-0.2, -0.15) is 0 Å². The molecule has 1 atom stereocenters. The lowest BCUT2D eigenvalue weighted by atomic mass is 9.98. The van der Waals surface area contributed by atoms with Crippen LogP contribution in [0.25, 0.3) is 22.3 Å². The second kappa shape index (κ2) is 12.3. The van der Waals surface area contributed by atoms with Gasteiger partial charge in [-0.15, -0.1) is 0 Å². The van der Waals surface area contributed by atoms with Gasteiger partial charge >= 0.3 is 5.97 Å². The number of carboxylic acids is 1. The van der Waals surface area contributed by atoms with Crippen LogP contribution in [-0.4, -0.2) is 38.3 Å². The molecule has 3 heterocycles. The summed E-state index contributed by atoms with van der Waals surface area (Å²) < 4.78 is 59.1. The zero-order valence-corrected chi connectivity index (χ0v) is 24.4. The summed E-state index contributed by atoms with van der Waals surface area (Å²) in [4.78, 5) is 20.6. The molecule has 1 N–H and O–H groups in total. The molecule has 5 aromatic rings. The van der Waals surface area contributed by atoms with Crippen molar-refractivity contribution < 1.29 is 32.5 Å². The zero-order valence-electron chi connectivity index (χ0n) is 23.6. The van der Waals surface area contributed by atoms with Crippen LogP contribution >= 0.6 is 11.6 Å². The van der Waals surface area contributed by atoms with Gasteiger partial charge in [0.2, 0.25) is 5.88 Å². The molecule has 0 amide bonds. The summed E-state index contributed by atoms with van der Waals surface area (Å²) in [6, 6.07) is 14.6. The highest BCUT2D eigenvalue weighted by atomic mass is 35.5. The minimum Gasteiger partial charge on any atom is -0.478 e. The van der Waals surface area contributed by atoms with Gasteiger partial charge in [-0.3, -0.25) is 0 Å². The molecule has 226 valence electrons. The van der Waals surface area contributed by atoms with E-state index in [0.29, 0.717) is 30.0 Å². The molecule has 6 rings (SSSR count). The Morgan fingerprint density at radius 3 is 2.68 bits per heavy atom. The van der Waals surface area contributed by atoms with E-state index < -0.39 is 23.4 Å². The number of nitrogens with zero attached hydrogens (tertiary/aromatic N) is 3. The number of fused-ring (bicyclic) bond motifs is 1. The number of carbonyl (C=O) groups is 1. The van der Waals surface area contributed by atoms with Crippen LogP contribution in [0, 0.1) is 24.4 Å². The standard InChI is InChI=1S/C33H27ClF3N3O4/c1-18-23(15-30-38-28-10-8-19(33(41)42)12-29(28)40(30)16-22-4-3-11-43-22)26(36)14-24(32(18)37)27-5-2-6-31(39-27)44-17-20-7-9-21(34)13-25(20)35/h2,5-10,12-14,22H,3-4,11,15-17H2,1H3,(H,41,42). The highest BCUT2D eigenvalue weighted by Gasteiger charge is 2.24. The highest BCUT2D eigenvalue weighted by Crippen LogP contribution is 2.32. The molecule has 1 aliphatic heterocycles. The maximum atomic E-state index is 15.9. The number of hydrogen-bond acceptors (Lipinski definition) is 5. The molecule has 44 heavy (non-hydrogen) atoms. The van der Waals surface area contributed by atoms with Crippen LogP contribution < -0.4 is 4.74 Å². The van der Waals surface area contributed by atoms with E-state index in [9.17, 15) is 14.3 Å². The van der Waals surface area contributed by atoms with Crippen LogP contribution in [0.5, 0.6) is 5.88 Å². The first-order chi connectivity index (χ1) is 21.2. The number of benzene rings is 3. The highest BCUT2D eigenvalue weighted by molar-refractivity contribution is 6.30. The number of halogens is 4. The predicted octanol–water partition coefficient (Wildman–Crippen LogP) is 7.52. The fourth-order valence-corrected chi connectivity index (χ4v) is 5.58. The summed E-state index contributed by atoms with van der Waals surface area (Å²) in [7, 11) is 0. The first-order valence-electron chi connectivity index (χ1n) is 14.0. The molecular weight excluding hydrogens is 595 g/mol. The van der Waals surface area contributed by atoms with Gasteiger partial charge < -0.3 is 19.1 Å². The van der Waals surface area contributed by atoms with Crippen molar-refractivity contribution in [3.8, 4) is 17.1 Å². The lowest BCUT2D eigenvalue weighted by molar-refractivity contribution is 0.0697. The Balaban J connectivity index is 1.31. The lowest BCUT2D eigenvalue weighted by Gasteiger charge is -2.16.